The molecule has 6 heteroatoms. The minimum atomic E-state index is -0.467. The zero-order valence-electron chi connectivity index (χ0n) is 17.1. The molecule has 1 amide bonds. The molecule has 2 heterocycles. The summed E-state index contributed by atoms with van der Waals surface area (Å²) in [4.78, 5) is 17.8. The first kappa shape index (κ1) is 19.5. The van der Waals surface area contributed by atoms with Crippen LogP contribution in [0.15, 0.2) is 59.5 Å². The van der Waals surface area contributed by atoms with Gasteiger partial charge in [0.2, 0.25) is 5.91 Å². The molecular formula is C23H29N5O. The SMILES string of the molecule is C=C(/N=C\C(=C/C)C(N)=O)N1CC2C(CNCc3cn(C)c4ccccc34)C2C1. The Morgan fingerprint density at radius 3 is 2.76 bits per heavy atom. The molecule has 2 fully saturated rings. The number of amides is 1. The monoisotopic (exact) mass is 391 g/mol. The molecule has 2 aromatic rings. The molecule has 2 atom stereocenters. The van der Waals surface area contributed by atoms with Crippen molar-refractivity contribution in [2.75, 3.05) is 19.6 Å². The molecule has 0 spiro atoms. The molecule has 29 heavy (non-hydrogen) atoms. The van der Waals surface area contributed by atoms with Gasteiger partial charge >= 0.3 is 0 Å². The van der Waals surface area contributed by atoms with Gasteiger partial charge in [0.1, 0.15) is 5.82 Å². The lowest BCUT2D eigenvalue weighted by molar-refractivity contribution is -0.114. The average Bonchev–Trinajstić information content (AvgIpc) is 3.03. The fourth-order valence-corrected chi connectivity index (χ4v) is 4.61. The van der Waals surface area contributed by atoms with E-state index in [0.717, 1.165) is 32.1 Å². The Bertz CT molecular complexity index is 990. The van der Waals surface area contributed by atoms with Crippen molar-refractivity contribution in [1.82, 2.24) is 14.8 Å². The Hall–Kier alpha value is -2.86. The lowest BCUT2D eigenvalue weighted by atomic mass is 10.1. The minimum Gasteiger partial charge on any atom is -0.366 e. The smallest absolute Gasteiger partial charge is 0.249 e. The van der Waals surface area contributed by atoms with Gasteiger partial charge in [0.25, 0.3) is 0 Å². The van der Waals surface area contributed by atoms with Crippen LogP contribution < -0.4 is 11.1 Å². The number of piperidine rings is 1. The van der Waals surface area contributed by atoms with Crippen molar-refractivity contribution < 1.29 is 4.79 Å². The predicted octanol–water partition coefficient (Wildman–Crippen LogP) is 2.42. The third-order valence-electron chi connectivity index (χ3n) is 6.36. The van der Waals surface area contributed by atoms with Crippen LogP contribution in [0.5, 0.6) is 0 Å². The van der Waals surface area contributed by atoms with Crippen LogP contribution in [0.1, 0.15) is 12.5 Å². The summed E-state index contributed by atoms with van der Waals surface area (Å²) in [6, 6.07) is 8.54. The van der Waals surface area contributed by atoms with Gasteiger partial charge in [-0.1, -0.05) is 30.9 Å². The third-order valence-corrected chi connectivity index (χ3v) is 6.36. The van der Waals surface area contributed by atoms with Crippen LogP contribution in [0.3, 0.4) is 0 Å². The standard InChI is InChI=1S/C23H29N5O/c1-4-16(23(24)29)10-26-15(2)28-13-20-19(21(20)14-28)11-25-9-17-12-27(3)22-8-6-5-7-18(17)22/h4-8,10,12,19-21,25H,2,9,11,13-14H2,1,3H3,(H2,24,29)/b16-4+,26-10-. The molecular weight excluding hydrogens is 362 g/mol. The van der Waals surface area contributed by atoms with Crippen LogP contribution in [0, 0.1) is 17.8 Å². The summed E-state index contributed by atoms with van der Waals surface area (Å²) in [5.41, 5.74) is 8.34. The summed E-state index contributed by atoms with van der Waals surface area (Å²) < 4.78 is 2.19. The van der Waals surface area contributed by atoms with E-state index in [2.05, 4.69) is 63.9 Å². The molecule has 1 saturated carbocycles. The normalized spacial score (nSPS) is 23.7. The second-order valence-corrected chi connectivity index (χ2v) is 8.09. The maximum absolute atomic E-state index is 11.3. The van der Waals surface area contributed by atoms with E-state index in [-0.39, 0.29) is 0 Å². The lowest BCUT2D eigenvalue weighted by Crippen LogP contribution is -2.26. The van der Waals surface area contributed by atoms with Crippen molar-refractivity contribution in [3.63, 3.8) is 0 Å². The second kappa shape index (κ2) is 7.87. The number of carbonyl (C=O) groups excluding carboxylic acids is 1. The van der Waals surface area contributed by atoms with E-state index in [1.807, 2.05) is 0 Å². The van der Waals surface area contributed by atoms with Crippen LogP contribution in [0.25, 0.3) is 10.9 Å². The Morgan fingerprint density at radius 1 is 1.34 bits per heavy atom. The molecule has 1 aromatic carbocycles. The van der Waals surface area contributed by atoms with Crippen molar-refractivity contribution >= 4 is 23.0 Å². The Morgan fingerprint density at radius 2 is 2.07 bits per heavy atom. The highest BCUT2D eigenvalue weighted by molar-refractivity contribution is 6.11. The van der Waals surface area contributed by atoms with Crippen LogP contribution in [-0.2, 0) is 18.4 Å². The van der Waals surface area contributed by atoms with Gasteiger partial charge in [-0.3, -0.25) is 4.79 Å². The predicted molar refractivity (Wildman–Crippen MR) is 117 cm³/mol. The highest BCUT2D eigenvalue weighted by atomic mass is 16.1. The average molecular weight is 392 g/mol. The number of para-hydroxylation sites is 1. The van der Waals surface area contributed by atoms with Gasteiger partial charge in [-0.05, 0) is 42.9 Å². The number of benzene rings is 1. The van der Waals surface area contributed by atoms with E-state index in [4.69, 9.17) is 5.73 Å². The summed E-state index contributed by atoms with van der Waals surface area (Å²) >= 11 is 0. The zero-order valence-corrected chi connectivity index (χ0v) is 17.1. The number of nitrogens with two attached hydrogens (primary N) is 1. The molecule has 1 saturated heterocycles. The fraction of sp³-hybridized carbons (Fsp3) is 0.391. The molecule has 2 aliphatic rings. The number of hydrogen-bond donors (Lipinski definition) is 2. The third kappa shape index (κ3) is 3.85. The quantitative estimate of drug-likeness (QED) is 0.536. The van der Waals surface area contributed by atoms with E-state index in [0.29, 0.717) is 23.2 Å². The first-order valence-electron chi connectivity index (χ1n) is 10.2. The number of allylic oxidation sites excluding steroid dienone is 1. The molecule has 2 unspecified atom stereocenters. The van der Waals surface area contributed by atoms with Crippen LogP contribution >= 0.6 is 0 Å². The summed E-state index contributed by atoms with van der Waals surface area (Å²) in [5.74, 6) is 2.39. The number of primary amides is 1. The largest absolute Gasteiger partial charge is 0.366 e. The number of aliphatic imine (C=N–C) groups is 1. The van der Waals surface area contributed by atoms with Crippen LogP contribution in [0.4, 0.5) is 0 Å². The maximum Gasteiger partial charge on any atom is 0.249 e. The number of hydrogen-bond acceptors (Lipinski definition) is 4. The number of aromatic nitrogens is 1. The Labute approximate surface area is 171 Å². The number of fused-ring (bicyclic) bond motifs is 2. The molecule has 6 nitrogen and oxygen atoms in total. The van der Waals surface area contributed by atoms with Crippen molar-refractivity contribution in [2.45, 2.75) is 13.5 Å². The molecule has 1 aliphatic heterocycles. The van der Waals surface area contributed by atoms with Gasteiger partial charge in [-0.25, -0.2) is 4.99 Å². The molecule has 152 valence electrons. The molecule has 4 rings (SSSR count). The number of carbonyl (C=O) groups is 1. The second-order valence-electron chi connectivity index (χ2n) is 8.09. The molecule has 3 N–H and O–H groups in total. The van der Waals surface area contributed by atoms with Crippen LogP contribution in [0.2, 0.25) is 0 Å². The fourth-order valence-electron chi connectivity index (χ4n) is 4.61. The highest BCUT2D eigenvalue weighted by Gasteiger charge is 2.55. The summed E-state index contributed by atoms with van der Waals surface area (Å²) in [6.45, 7) is 9.75. The topological polar surface area (TPSA) is 75.7 Å². The summed E-state index contributed by atoms with van der Waals surface area (Å²) in [7, 11) is 2.10. The number of aryl methyl sites for hydroxylation is 1. The van der Waals surface area contributed by atoms with Gasteiger partial charge < -0.3 is 20.5 Å². The van der Waals surface area contributed by atoms with E-state index in [1.165, 1.54) is 22.7 Å². The molecule has 1 aromatic heterocycles. The van der Waals surface area contributed by atoms with E-state index in [9.17, 15) is 4.79 Å². The van der Waals surface area contributed by atoms with Gasteiger partial charge in [0.15, 0.2) is 0 Å². The maximum atomic E-state index is 11.3. The van der Waals surface area contributed by atoms with Crippen molar-refractivity contribution in [3.8, 4) is 0 Å². The first-order valence-corrected chi connectivity index (χ1v) is 10.2. The number of rotatable bonds is 8. The van der Waals surface area contributed by atoms with Crippen molar-refractivity contribution in [2.24, 2.45) is 35.5 Å². The summed E-state index contributed by atoms with van der Waals surface area (Å²) in [5, 5.41) is 4.99. The molecule has 0 radical (unpaired) electrons. The van der Waals surface area contributed by atoms with Gasteiger partial charge in [-0.2, -0.15) is 0 Å². The van der Waals surface area contributed by atoms with Crippen molar-refractivity contribution in [1.29, 1.82) is 0 Å². The van der Waals surface area contributed by atoms with E-state index < -0.39 is 5.91 Å². The Kier molecular flexibility index (Phi) is 5.28. The Balaban J connectivity index is 1.24. The van der Waals surface area contributed by atoms with Gasteiger partial charge in [0.05, 0.1) is 5.57 Å². The van der Waals surface area contributed by atoms with Gasteiger partial charge in [-0.15, -0.1) is 0 Å². The summed E-state index contributed by atoms with van der Waals surface area (Å²) in [6.07, 6.45) is 5.40. The molecule has 0 bridgehead atoms. The van der Waals surface area contributed by atoms with Gasteiger partial charge in [0, 0.05) is 50.0 Å². The lowest BCUT2D eigenvalue weighted by Gasteiger charge is -2.21. The number of likely N-dealkylation sites (tertiary alicyclic amines) is 1. The first-order chi connectivity index (χ1) is 14.0. The van der Waals surface area contributed by atoms with Crippen LogP contribution in [-0.4, -0.2) is 41.2 Å². The zero-order chi connectivity index (χ0) is 20.5. The number of nitrogens with zero attached hydrogens (tertiary/aromatic N) is 3. The number of nitrogens with one attached hydrogen (secondary N) is 1. The van der Waals surface area contributed by atoms with E-state index in [1.54, 1.807) is 13.0 Å². The molecule has 1 aliphatic carbocycles. The van der Waals surface area contributed by atoms with Crippen molar-refractivity contribution in [3.05, 3.63) is 60.1 Å². The highest BCUT2D eigenvalue weighted by Crippen LogP contribution is 2.52. The minimum absolute atomic E-state index is 0.408. The van der Waals surface area contributed by atoms with E-state index >= 15 is 0 Å².